The number of likely N-dealkylation sites (tertiary alicyclic amines) is 2. The molecule has 5 heteroatoms. The van der Waals surface area contributed by atoms with E-state index < -0.39 is 0 Å². The largest absolute Gasteiger partial charge is 0.493 e. The normalized spacial score (nSPS) is 22.2. The van der Waals surface area contributed by atoms with Crippen molar-refractivity contribution in [3.63, 3.8) is 0 Å². The Hall–Kier alpha value is -2.04. The van der Waals surface area contributed by atoms with Crippen LogP contribution in [0.5, 0.6) is 5.75 Å². The summed E-state index contributed by atoms with van der Waals surface area (Å²) in [6, 6.07) is 9.81. The molecule has 0 unspecified atom stereocenters. The smallest absolute Gasteiger partial charge is 0.225 e. The van der Waals surface area contributed by atoms with Crippen LogP contribution < -0.4 is 4.74 Å². The summed E-state index contributed by atoms with van der Waals surface area (Å²) in [6.07, 6.45) is 7.45. The highest BCUT2D eigenvalue weighted by Crippen LogP contribution is 2.36. The Morgan fingerprint density at radius 3 is 2.30 bits per heavy atom. The van der Waals surface area contributed by atoms with Crippen molar-refractivity contribution in [2.24, 2.45) is 11.3 Å². The molecule has 30 heavy (non-hydrogen) atoms. The number of amides is 2. The summed E-state index contributed by atoms with van der Waals surface area (Å²) in [5.74, 6) is 1.37. The summed E-state index contributed by atoms with van der Waals surface area (Å²) in [7, 11) is 0. The van der Waals surface area contributed by atoms with E-state index in [4.69, 9.17) is 4.74 Å². The highest BCUT2D eigenvalue weighted by Gasteiger charge is 2.41. The molecule has 2 saturated heterocycles. The van der Waals surface area contributed by atoms with Crippen LogP contribution in [-0.2, 0) is 9.59 Å². The van der Waals surface area contributed by atoms with Crippen LogP contribution in [0, 0.1) is 11.3 Å². The van der Waals surface area contributed by atoms with Gasteiger partial charge in [-0.25, -0.2) is 0 Å². The second-order valence-electron chi connectivity index (χ2n) is 9.10. The molecule has 0 spiro atoms. The average Bonchev–Trinajstić information content (AvgIpc) is 2.80. The molecule has 1 atom stereocenters. The molecule has 2 heterocycles. The first kappa shape index (κ1) is 22.6. The van der Waals surface area contributed by atoms with E-state index in [-0.39, 0.29) is 23.1 Å². The number of carbonyl (C=O) groups excluding carboxylic acids is 2. The molecule has 1 aromatic rings. The zero-order chi connectivity index (χ0) is 21.4. The van der Waals surface area contributed by atoms with Crippen LogP contribution in [0.15, 0.2) is 30.3 Å². The van der Waals surface area contributed by atoms with Crippen molar-refractivity contribution < 1.29 is 14.3 Å². The van der Waals surface area contributed by atoms with Crippen LogP contribution in [0.4, 0.5) is 0 Å². The summed E-state index contributed by atoms with van der Waals surface area (Å²) < 4.78 is 6.17. The Kier molecular flexibility index (Phi) is 8.17. The Morgan fingerprint density at radius 2 is 1.63 bits per heavy atom. The van der Waals surface area contributed by atoms with Crippen molar-refractivity contribution in [2.45, 2.75) is 65.2 Å². The van der Waals surface area contributed by atoms with Gasteiger partial charge in [0.2, 0.25) is 11.8 Å². The predicted molar refractivity (Wildman–Crippen MR) is 119 cm³/mol. The third-order valence-electron chi connectivity index (χ3n) is 6.83. The lowest BCUT2D eigenvalue weighted by Gasteiger charge is -2.44. The second-order valence-corrected chi connectivity index (χ2v) is 9.10. The van der Waals surface area contributed by atoms with Crippen molar-refractivity contribution in [3.05, 3.63) is 30.3 Å². The number of rotatable bonds is 8. The number of benzene rings is 1. The van der Waals surface area contributed by atoms with Crippen molar-refractivity contribution in [1.29, 1.82) is 0 Å². The van der Waals surface area contributed by atoms with Crippen LogP contribution in [0.2, 0.25) is 0 Å². The Balaban J connectivity index is 1.75. The highest BCUT2D eigenvalue weighted by molar-refractivity contribution is 5.80. The maximum atomic E-state index is 13.2. The second kappa shape index (κ2) is 10.8. The molecule has 0 aliphatic carbocycles. The van der Waals surface area contributed by atoms with Crippen LogP contribution >= 0.6 is 0 Å². The highest BCUT2D eigenvalue weighted by atomic mass is 16.5. The monoisotopic (exact) mass is 414 g/mol. The third-order valence-corrected chi connectivity index (χ3v) is 6.83. The van der Waals surface area contributed by atoms with E-state index in [9.17, 15) is 9.59 Å². The summed E-state index contributed by atoms with van der Waals surface area (Å²) in [5, 5.41) is 0. The van der Waals surface area contributed by atoms with Gasteiger partial charge in [0, 0.05) is 43.9 Å². The summed E-state index contributed by atoms with van der Waals surface area (Å²) >= 11 is 0. The fourth-order valence-corrected chi connectivity index (χ4v) is 4.93. The molecule has 5 nitrogen and oxygen atoms in total. The topological polar surface area (TPSA) is 49.9 Å². The van der Waals surface area contributed by atoms with Crippen LogP contribution in [-0.4, -0.2) is 54.4 Å². The van der Waals surface area contributed by atoms with Crippen molar-refractivity contribution in [3.8, 4) is 5.75 Å². The first-order valence-corrected chi connectivity index (χ1v) is 11.8. The maximum absolute atomic E-state index is 13.2. The Bertz CT molecular complexity index is 683. The molecule has 2 amide bonds. The van der Waals surface area contributed by atoms with Gasteiger partial charge in [-0.15, -0.1) is 0 Å². The van der Waals surface area contributed by atoms with Gasteiger partial charge in [-0.2, -0.15) is 0 Å². The third kappa shape index (κ3) is 5.77. The lowest BCUT2D eigenvalue weighted by Crippen LogP contribution is -2.52. The molecule has 1 aromatic carbocycles. The van der Waals surface area contributed by atoms with Crippen molar-refractivity contribution in [1.82, 2.24) is 9.80 Å². The number of para-hydroxylation sites is 1. The van der Waals surface area contributed by atoms with Gasteiger partial charge >= 0.3 is 0 Å². The standard InChI is InChI=1S/C25H38N2O3/c1-3-21(4-2)24(29)27-17-11-14-25(19-27,20-30-22-12-7-5-8-13-22)18-23(28)26-15-9-6-10-16-26/h5,7-8,12-13,21H,3-4,6,9-11,14-20H2,1-2H3/t25-/m0/s1. The van der Waals surface area contributed by atoms with E-state index in [1.165, 1.54) is 6.42 Å². The van der Waals surface area contributed by atoms with Gasteiger partial charge in [0.15, 0.2) is 0 Å². The van der Waals surface area contributed by atoms with E-state index in [1.54, 1.807) is 0 Å². The summed E-state index contributed by atoms with van der Waals surface area (Å²) in [4.78, 5) is 30.3. The van der Waals surface area contributed by atoms with Gasteiger partial charge in [0.25, 0.3) is 0 Å². The predicted octanol–water partition coefficient (Wildman–Crippen LogP) is 4.51. The molecule has 0 aromatic heterocycles. The van der Waals surface area contributed by atoms with Gasteiger partial charge in [0.1, 0.15) is 5.75 Å². The number of piperidine rings is 2. The van der Waals surface area contributed by atoms with E-state index >= 15 is 0 Å². The molecule has 0 radical (unpaired) electrons. The minimum absolute atomic E-state index is 0.0774. The number of ether oxygens (including phenoxy) is 1. The van der Waals surface area contributed by atoms with Crippen molar-refractivity contribution >= 4 is 11.8 Å². The fraction of sp³-hybridized carbons (Fsp3) is 0.680. The first-order valence-electron chi connectivity index (χ1n) is 11.8. The lowest BCUT2D eigenvalue weighted by molar-refractivity contribution is -0.144. The van der Waals surface area contributed by atoms with Gasteiger partial charge in [-0.05, 0) is 57.1 Å². The van der Waals surface area contributed by atoms with Crippen LogP contribution in [0.1, 0.15) is 65.2 Å². The molecule has 0 saturated carbocycles. The average molecular weight is 415 g/mol. The molecular weight excluding hydrogens is 376 g/mol. The molecular formula is C25H38N2O3. The van der Waals surface area contributed by atoms with Gasteiger partial charge in [0.05, 0.1) is 6.61 Å². The first-order chi connectivity index (χ1) is 14.6. The van der Waals surface area contributed by atoms with Crippen LogP contribution in [0.25, 0.3) is 0 Å². The number of hydrogen-bond acceptors (Lipinski definition) is 3. The minimum Gasteiger partial charge on any atom is -0.493 e. The van der Waals surface area contributed by atoms with Crippen LogP contribution in [0.3, 0.4) is 0 Å². The molecule has 2 aliphatic heterocycles. The quantitative estimate of drug-likeness (QED) is 0.629. The zero-order valence-electron chi connectivity index (χ0n) is 18.8. The molecule has 0 bridgehead atoms. The SMILES string of the molecule is CCC(CC)C(=O)N1CCC[C@](COc2ccccc2)(CC(=O)N2CCCCC2)C1. The molecule has 166 valence electrons. The van der Waals surface area contributed by atoms with Gasteiger partial charge < -0.3 is 14.5 Å². The Labute approximate surface area is 181 Å². The molecule has 0 N–H and O–H groups in total. The zero-order valence-corrected chi connectivity index (χ0v) is 18.8. The summed E-state index contributed by atoms with van der Waals surface area (Å²) in [6.45, 7) is 7.79. The number of nitrogens with zero attached hydrogens (tertiary/aromatic N) is 2. The van der Waals surface area contributed by atoms with Gasteiger partial charge in [-0.3, -0.25) is 9.59 Å². The maximum Gasteiger partial charge on any atom is 0.225 e. The van der Waals surface area contributed by atoms with Crippen molar-refractivity contribution in [2.75, 3.05) is 32.8 Å². The molecule has 3 rings (SSSR count). The van der Waals surface area contributed by atoms with E-state index in [1.807, 2.05) is 40.1 Å². The fourth-order valence-electron chi connectivity index (χ4n) is 4.93. The molecule has 2 fully saturated rings. The number of carbonyl (C=O) groups is 2. The molecule has 2 aliphatic rings. The van der Waals surface area contributed by atoms with E-state index in [2.05, 4.69) is 13.8 Å². The van der Waals surface area contributed by atoms with E-state index in [0.717, 1.165) is 63.9 Å². The Morgan fingerprint density at radius 1 is 0.967 bits per heavy atom. The van der Waals surface area contributed by atoms with E-state index in [0.29, 0.717) is 19.6 Å². The summed E-state index contributed by atoms with van der Waals surface area (Å²) in [5.41, 5.74) is -0.315. The lowest BCUT2D eigenvalue weighted by atomic mass is 9.76. The minimum atomic E-state index is -0.315. The van der Waals surface area contributed by atoms with Gasteiger partial charge in [-0.1, -0.05) is 32.0 Å². The number of hydrogen-bond donors (Lipinski definition) is 0.